The van der Waals surface area contributed by atoms with Crippen LogP contribution in [0.2, 0.25) is 0 Å². The number of anilines is 1. The van der Waals surface area contributed by atoms with Gasteiger partial charge in [-0.2, -0.15) is 11.8 Å². The van der Waals surface area contributed by atoms with Crippen LogP contribution in [0.1, 0.15) is 43.1 Å². The fraction of sp³-hybridized carbons (Fsp3) is 0.692. The highest BCUT2D eigenvalue weighted by Crippen LogP contribution is 2.40. The number of thiazole rings is 1. The molecule has 0 saturated heterocycles. The summed E-state index contributed by atoms with van der Waals surface area (Å²) < 4.78 is 5.28. The van der Waals surface area contributed by atoms with Crippen LogP contribution < -0.4 is 5.32 Å². The molecular weight excluding hydrogens is 280 g/mol. The Labute approximate surface area is 122 Å². The summed E-state index contributed by atoms with van der Waals surface area (Å²) in [6, 6.07) is 0. The number of nitrogens with one attached hydrogen (secondary N) is 1. The number of carbonyl (C=O) groups excluding carboxylic acids is 1. The molecule has 0 bridgehead atoms. The first-order valence-corrected chi connectivity index (χ1v) is 8.71. The van der Waals surface area contributed by atoms with Gasteiger partial charge in [0.05, 0.1) is 6.61 Å². The maximum Gasteiger partial charge on any atom is 0.357 e. The first-order valence-electron chi connectivity index (χ1n) is 6.61. The Kier molecular flexibility index (Phi) is 5.10. The van der Waals surface area contributed by atoms with Gasteiger partial charge in [-0.25, -0.2) is 9.78 Å². The van der Waals surface area contributed by atoms with Gasteiger partial charge in [-0.1, -0.05) is 12.8 Å². The highest BCUT2D eigenvalue weighted by atomic mass is 32.2. The molecular formula is C13H20N2O2S2. The average Bonchev–Trinajstić information content (AvgIpc) is 3.07. The Morgan fingerprint density at radius 3 is 2.95 bits per heavy atom. The lowest BCUT2D eigenvalue weighted by Crippen LogP contribution is -2.29. The fourth-order valence-electron chi connectivity index (χ4n) is 2.36. The van der Waals surface area contributed by atoms with E-state index < -0.39 is 0 Å². The lowest BCUT2D eigenvalue weighted by molar-refractivity contribution is 0.0520. The molecule has 4 nitrogen and oxygen atoms in total. The quantitative estimate of drug-likeness (QED) is 0.816. The van der Waals surface area contributed by atoms with E-state index in [9.17, 15) is 4.79 Å². The van der Waals surface area contributed by atoms with E-state index in [4.69, 9.17) is 4.74 Å². The largest absolute Gasteiger partial charge is 0.461 e. The third kappa shape index (κ3) is 3.63. The Bertz CT molecular complexity index is 428. The van der Waals surface area contributed by atoms with E-state index in [1.807, 2.05) is 11.8 Å². The van der Waals surface area contributed by atoms with E-state index in [-0.39, 0.29) is 5.97 Å². The van der Waals surface area contributed by atoms with E-state index in [1.54, 1.807) is 12.3 Å². The molecule has 1 heterocycles. The predicted molar refractivity (Wildman–Crippen MR) is 81.3 cm³/mol. The molecule has 0 amide bonds. The van der Waals surface area contributed by atoms with Crippen molar-refractivity contribution in [3.8, 4) is 0 Å². The van der Waals surface area contributed by atoms with Gasteiger partial charge in [-0.05, 0) is 26.0 Å². The molecule has 1 aliphatic rings. The lowest BCUT2D eigenvalue weighted by atomic mass is 10.1. The highest BCUT2D eigenvalue weighted by Gasteiger charge is 2.32. The summed E-state index contributed by atoms with van der Waals surface area (Å²) in [7, 11) is 0. The zero-order valence-corrected chi connectivity index (χ0v) is 13.0. The molecule has 0 aliphatic heterocycles. The summed E-state index contributed by atoms with van der Waals surface area (Å²) in [5.41, 5.74) is 0.402. The molecule has 0 radical (unpaired) electrons. The molecule has 19 heavy (non-hydrogen) atoms. The van der Waals surface area contributed by atoms with Crippen LogP contribution in [0.15, 0.2) is 5.38 Å². The number of hydrogen-bond donors (Lipinski definition) is 1. The maximum absolute atomic E-state index is 11.5. The second-order valence-corrected chi connectivity index (χ2v) is 6.84. The Balaban J connectivity index is 1.91. The number of ether oxygens (including phenoxy) is 1. The molecule has 1 saturated carbocycles. The van der Waals surface area contributed by atoms with Gasteiger partial charge in [0, 0.05) is 16.7 Å². The second kappa shape index (κ2) is 6.61. The van der Waals surface area contributed by atoms with Crippen LogP contribution in [-0.4, -0.2) is 35.1 Å². The van der Waals surface area contributed by atoms with Gasteiger partial charge < -0.3 is 10.1 Å². The minimum atomic E-state index is -0.341. The van der Waals surface area contributed by atoms with Crippen molar-refractivity contribution in [3.05, 3.63) is 11.1 Å². The van der Waals surface area contributed by atoms with Crippen LogP contribution >= 0.6 is 23.1 Å². The van der Waals surface area contributed by atoms with Crippen molar-refractivity contribution in [1.82, 2.24) is 4.98 Å². The molecule has 1 fully saturated rings. The molecule has 1 aromatic heterocycles. The zero-order valence-electron chi connectivity index (χ0n) is 11.4. The van der Waals surface area contributed by atoms with Crippen LogP contribution in [-0.2, 0) is 4.74 Å². The number of aromatic nitrogens is 1. The molecule has 0 atom stereocenters. The molecule has 0 aromatic carbocycles. The standard InChI is InChI=1S/C13H20N2O2S2/c1-3-17-11(16)10-8-19-12(15-10)14-9-13(18-2)6-4-5-7-13/h8H,3-7,9H2,1-2H3,(H,14,15). The van der Waals surface area contributed by atoms with Gasteiger partial charge in [0.2, 0.25) is 0 Å². The number of nitrogens with zero attached hydrogens (tertiary/aromatic N) is 1. The van der Waals surface area contributed by atoms with E-state index in [0.717, 1.165) is 11.7 Å². The summed E-state index contributed by atoms with van der Waals surface area (Å²) in [5, 5.41) is 5.93. The summed E-state index contributed by atoms with van der Waals surface area (Å²) >= 11 is 3.41. The monoisotopic (exact) mass is 300 g/mol. The molecule has 1 aromatic rings. The van der Waals surface area contributed by atoms with Crippen molar-refractivity contribution in [1.29, 1.82) is 0 Å². The maximum atomic E-state index is 11.5. The smallest absolute Gasteiger partial charge is 0.357 e. The number of carbonyl (C=O) groups is 1. The number of thioether (sulfide) groups is 1. The summed E-state index contributed by atoms with van der Waals surface area (Å²) in [5.74, 6) is -0.341. The number of rotatable bonds is 6. The fourth-order valence-corrected chi connectivity index (χ4v) is 3.96. The number of hydrogen-bond acceptors (Lipinski definition) is 6. The highest BCUT2D eigenvalue weighted by molar-refractivity contribution is 8.00. The van der Waals surface area contributed by atoms with Gasteiger partial charge in [0.15, 0.2) is 10.8 Å². The molecule has 2 rings (SSSR count). The minimum Gasteiger partial charge on any atom is -0.461 e. The first kappa shape index (κ1) is 14.7. The topological polar surface area (TPSA) is 51.2 Å². The normalized spacial score (nSPS) is 17.4. The van der Waals surface area contributed by atoms with E-state index >= 15 is 0 Å². The summed E-state index contributed by atoms with van der Waals surface area (Å²) in [6.45, 7) is 3.10. The van der Waals surface area contributed by atoms with Crippen molar-refractivity contribution >= 4 is 34.2 Å². The van der Waals surface area contributed by atoms with Crippen molar-refractivity contribution < 1.29 is 9.53 Å². The second-order valence-electron chi connectivity index (χ2n) is 4.71. The van der Waals surface area contributed by atoms with Gasteiger partial charge in [0.25, 0.3) is 0 Å². The minimum absolute atomic E-state index is 0.341. The van der Waals surface area contributed by atoms with Crippen LogP contribution in [0.25, 0.3) is 0 Å². The third-order valence-corrected chi connectivity index (χ3v) is 5.72. The van der Waals surface area contributed by atoms with E-state index in [1.165, 1.54) is 37.0 Å². The molecule has 6 heteroatoms. The Morgan fingerprint density at radius 2 is 2.32 bits per heavy atom. The molecule has 1 N–H and O–H groups in total. The van der Waals surface area contributed by atoms with Gasteiger partial charge in [0.1, 0.15) is 0 Å². The van der Waals surface area contributed by atoms with Crippen LogP contribution in [0.3, 0.4) is 0 Å². The SMILES string of the molecule is CCOC(=O)c1csc(NCC2(SC)CCCC2)n1. The first-order chi connectivity index (χ1) is 9.19. The summed E-state index contributed by atoms with van der Waals surface area (Å²) in [4.78, 5) is 15.8. The van der Waals surface area contributed by atoms with Crippen molar-refractivity contribution in [2.24, 2.45) is 0 Å². The van der Waals surface area contributed by atoms with Crippen molar-refractivity contribution in [2.75, 3.05) is 24.7 Å². The van der Waals surface area contributed by atoms with Crippen molar-refractivity contribution in [2.45, 2.75) is 37.4 Å². The van der Waals surface area contributed by atoms with Gasteiger partial charge in [-0.15, -0.1) is 11.3 Å². The van der Waals surface area contributed by atoms with Crippen LogP contribution in [0.5, 0.6) is 0 Å². The molecule has 106 valence electrons. The Hall–Kier alpha value is -0.750. The third-order valence-electron chi connectivity index (χ3n) is 3.50. The van der Waals surface area contributed by atoms with Gasteiger partial charge >= 0.3 is 5.97 Å². The number of esters is 1. The van der Waals surface area contributed by atoms with Crippen LogP contribution in [0, 0.1) is 0 Å². The Morgan fingerprint density at radius 1 is 1.58 bits per heavy atom. The molecule has 0 spiro atoms. The predicted octanol–water partition coefficient (Wildman–Crippen LogP) is 3.41. The average molecular weight is 300 g/mol. The van der Waals surface area contributed by atoms with Gasteiger partial charge in [-0.3, -0.25) is 0 Å². The lowest BCUT2D eigenvalue weighted by Gasteiger charge is -2.26. The summed E-state index contributed by atoms with van der Waals surface area (Å²) in [6.07, 6.45) is 7.33. The van der Waals surface area contributed by atoms with Crippen molar-refractivity contribution in [3.63, 3.8) is 0 Å². The zero-order chi connectivity index (χ0) is 13.7. The van der Waals surface area contributed by atoms with E-state index in [0.29, 0.717) is 17.0 Å². The molecule has 0 unspecified atom stereocenters. The molecule has 1 aliphatic carbocycles. The van der Waals surface area contributed by atoms with Crippen LogP contribution in [0.4, 0.5) is 5.13 Å². The van der Waals surface area contributed by atoms with E-state index in [2.05, 4.69) is 16.6 Å².